The van der Waals surface area contributed by atoms with Gasteiger partial charge in [-0.1, -0.05) is 56.0 Å². The van der Waals surface area contributed by atoms with Gasteiger partial charge in [0.2, 0.25) is 0 Å². The Morgan fingerprint density at radius 2 is 1.73 bits per heavy atom. The quantitative estimate of drug-likeness (QED) is 0.418. The molecule has 2 rings (SSSR count). The number of nitrogens with zero attached hydrogens (tertiary/aromatic N) is 1. The van der Waals surface area contributed by atoms with Crippen LogP contribution in [0, 0.1) is 0 Å². The molecule has 5 heteroatoms. The molecule has 2 N–H and O–H groups in total. The normalized spacial score (nSPS) is 12.3. The lowest BCUT2D eigenvalue weighted by Gasteiger charge is -2.09. The molecule has 0 aromatic heterocycles. The first-order valence-electron chi connectivity index (χ1n) is 8.36. The van der Waals surface area contributed by atoms with Gasteiger partial charge in [0.25, 0.3) is 6.02 Å². The van der Waals surface area contributed by atoms with Gasteiger partial charge in [0, 0.05) is 0 Å². The van der Waals surface area contributed by atoms with E-state index in [4.69, 9.17) is 15.2 Å². The van der Waals surface area contributed by atoms with Gasteiger partial charge in [-0.2, -0.15) is 4.99 Å². The van der Waals surface area contributed by atoms with E-state index >= 15 is 0 Å². The van der Waals surface area contributed by atoms with E-state index in [1.54, 1.807) is 6.92 Å². The Hall–Kier alpha value is -3.08. The lowest BCUT2D eigenvalue weighted by atomic mass is 10.2. The number of aliphatic imine (C=N–C) groups is 1. The van der Waals surface area contributed by atoms with Gasteiger partial charge in [0.05, 0.1) is 5.70 Å². The molecule has 0 aliphatic heterocycles. The second kappa shape index (κ2) is 10.0. The first-order chi connectivity index (χ1) is 12.6. The minimum absolute atomic E-state index is 0.0803. The molecule has 26 heavy (non-hydrogen) atoms. The molecule has 0 aliphatic carbocycles. The number of rotatable bonds is 8. The Balaban J connectivity index is 1.88. The van der Waals surface area contributed by atoms with Gasteiger partial charge in [-0.15, -0.1) is 0 Å². The Morgan fingerprint density at radius 1 is 1.08 bits per heavy atom. The van der Waals surface area contributed by atoms with Crippen LogP contribution in [-0.2, 0) is 18.0 Å². The molecule has 0 atom stereocenters. The molecule has 0 saturated carbocycles. The van der Waals surface area contributed by atoms with E-state index in [-0.39, 0.29) is 18.3 Å². The molecule has 0 unspecified atom stereocenters. The topological polar surface area (TPSA) is 56.8 Å². The molecule has 4 nitrogen and oxygen atoms in total. The SMILES string of the molecule is C=C/C(F)=C(/CC)N=C(N)OCc1ccc(OCc2ccccc2)cc1. The number of hydrogen-bond donors (Lipinski definition) is 1. The molecule has 0 bridgehead atoms. The van der Waals surface area contributed by atoms with E-state index < -0.39 is 5.83 Å². The minimum Gasteiger partial charge on any atom is -0.489 e. The number of hydrogen-bond acceptors (Lipinski definition) is 3. The zero-order valence-corrected chi connectivity index (χ0v) is 14.8. The van der Waals surface area contributed by atoms with Gasteiger partial charge in [-0.05, 0) is 35.8 Å². The van der Waals surface area contributed by atoms with Crippen LogP contribution in [-0.4, -0.2) is 6.02 Å². The molecule has 0 heterocycles. The average molecular weight is 354 g/mol. The van der Waals surface area contributed by atoms with Crippen molar-refractivity contribution in [3.05, 3.63) is 89.9 Å². The second-order valence-corrected chi connectivity index (χ2v) is 5.51. The first-order valence-corrected chi connectivity index (χ1v) is 8.36. The summed E-state index contributed by atoms with van der Waals surface area (Å²) in [5.41, 5.74) is 7.92. The summed E-state index contributed by atoms with van der Waals surface area (Å²) in [6.45, 7) is 5.91. The van der Waals surface area contributed by atoms with E-state index in [9.17, 15) is 4.39 Å². The highest BCUT2D eigenvalue weighted by atomic mass is 19.1. The average Bonchev–Trinajstić information content (AvgIpc) is 2.69. The summed E-state index contributed by atoms with van der Waals surface area (Å²) >= 11 is 0. The largest absolute Gasteiger partial charge is 0.489 e. The third kappa shape index (κ3) is 6.09. The van der Waals surface area contributed by atoms with Crippen molar-refractivity contribution >= 4 is 6.02 Å². The van der Waals surface area contributed by atoms with Crippen molar-refractivity contribution in [2.45, 2.75) is 26.6 Å². The smallest absolute Gasteiger partial charge is 0.287 e. The predicted molar refractivity (Wildman–Crippen MR) is 102 cm³/mol. The maximum Gasteiger partial charge on any atom is 0.287 e. The van der Waals surface area contributed by atoms with Gasteiger partial charge in [0.15, 0.2) is 0 Å². The molecule has 0 radical (unpaired) electrons. The van der Waals surface area contributed by atoms with E-state index in [1.807, 2.05) is 54.6 Å². The number of amidine groups is 1. The van der Waals surface area contributed by atoms with Crippen LogP contribution in [0.1, 0.15) is 24.5 Å². The van der Waals surface area contributed by atoms with Gasteiger partial charge in [0.1, 0.15) is 24.8 Å². The van der Waals surface area contributed by atoms with Gasteiger partial charge in [-0.25, -0.2) is 4.39 Å². The Labute approximate surface area is 153 Å². The van der Waals surface area contributed by atoms with Crippen LogP contribution in [0.3, 0.4) is 0 Å². The number of allylic oxidation sites excluding steroid dienone is 3. The Morgan fingerprint density at radius 3 is 2.35 bits per heavy atom. The highest BCUT2D eigenvalue weighted by Gasteiger charge is 2.03. The summed E-state index contributed by atoms with van der Waals surface area (Å²) in [7, 11) is 0. The van der Waals surface area contributed by atoms with Crippen molar-refractivity contribution in [1.82, 2.24) is 0 Å². The number of halogens is 1. The fourth-order valence-corrected chi connectivity index (χ4v) is 2.16. The summed E-state index contributed by atoms with van der Waals surface area (Å²) in [5.74, 6) is 0.266. The third-order valence-corrected chi connectivity index (χ3v) is 3.59. The molecule has 0 saturated heterocycles. The maximum atomic E-state index is 13.5. The first kappa shape index (κ1) is 19.2. The van der Waals surface area contributed by atoms with Crippen molar-refractivity contribution < 1.29 is 13.9 Å². The molecule has 0 spiro atoms. The summed E-state index contributed by atoms with van der Waals surface area (Å²) in [6, 6.07) is 17.4. The zero-order valence-electron chi connectivity index (χ0n) is 14.8. The van der Waals surface area contributed by atoms with Crippen molar-refractivity contribution in [1.29, 1.82) is 0 Å². The highest BCUT2D eigenvalue weighted by molar-refractivity contribution is 5.72. The minimum atomic E-state index is -0.501. The summed E-state index contributed by atoms with van der Waals surface area (Å²) in [6.07, 6.45) is 1.50. The van der Waals surface area contributed by atoms with E-state index in [0.717, 1.165) is 23.0 Å². The lowest BCUT2D eigenvalue weighted by molar-refractivity contribution is 0.285. The van der Waals surface area contributed by atoms with E-state index in [1.165, 1.54) is 0 Å². The fraction of sp³-hybridized carbons (Fsp3) is 0.190. The summed E-state index contributed by atoms with van der Waals surface area (Å²) < 4.78 is 24.6. The van der Waals surface area contributed by atoms with Crippen molar-refractivity contribution in [2.24, 2.45) is 10.7 Å². The van der Waals surface area contributed by atoms with Gasteiger partial charge < -0.3 is 15.2 Å². The molecule has 136 valence electrons. The lowest BCUT2D eigenvalue weighted by Crippen LogP contribution is -2.16. The second-order valence-electron chi connectivity index (χ2n) is 5.51. The monoisotopic (exact) mass is 354 g/mol. The molecule has 2 aromatic rings. The van der Waals surface area contributed by atoms with E-state index in [2.05, 4.69) is 11.6 Å². The van der Waals surface area contributed by atoms with E-state index in [0.29, 0.717) is 13.0 Å². The molecule has 0 amide bonds. The number of benzene rings is 2. The van der Waals surface area contributed by atoms with Crippen LogP contribution in [0.25, 0.3) is 0 Å². The predicted octanol–water partition coefficient (Wildman–Crippen LogP) is 4.87. The Kier molecular flexibility index (Phi) is 7.43. The van der Waals surface area contributed by atoms with Gasteiger partial charge >= 0.3 is 0 Å². The standard InChI is InChI=1S/C21H23FN2O2/c1-3-19(22)20(4-2)24-21(23)26-15-17-10-12-18(13-11-17)25-14-16-8-6-5-7-9-16/h3,5-13H,1,4,14-15H2,2H3,(H2,23,24)/b20-19+. The molecule has 0 fully saturated rings. The third-order valence-electron chi connectivity index (χ3n) is 3.59. The van der Waals surface area contributed by atoms with Crippen LogP contribution in [0.4, 0.5) is 4.39 Å². The fourth-order valence-electron chi connectivity index (χ4n) is 2.16. The Bertz CT molecular complexity index is 768. The highest BCUT2D eigenvalue weighted by Crippen LogP contribution is 2.16. The number of ether oxygens (including phenoxy) is 2. The van der Waals surface area contributed by atoms with Crippen LogP contribution >= 0.6 is 0 Å². The van der Waals surface area contributed by atoms with Crippen molar-refractivity contribution in [2.75, 3.05) is 0 Å². The van der Waals surface area contributed by atoms with Crippen LogP contribution in [0.15, 0.2) is 83.8 Å². The zero-order chi connectivity index (χ0) is 18.8. The maximum absolute atomic E-state index is 13.5. The molecular formula is C21H23FN2O2. The van der Waals surface area contributed by atoms with Crippen LogP contribution < -0.4 is 10.5 Å². The van der Waals surface area contributed by atoms with Crippen molar-refractivity contribution in [3.8, 4) is 5.75 Å². The molecule has 0 aliphatic rings. The number of nitrogens with two attached hydrogens (primary N) is 1. The van der Waals surface area contributed by atoms with Crippen molar-refractivity contribution in [3.63, 3.8) is 0 Å². The summed E-state index contributed by atoms with van der Waals surface area (Å²) in [4.78, 5) is 3.94. The van der Waals surface area contributed by atoms with Crippen LogP contribution in [0.5, 0.6) is 5.75 Å². The van der Waals surface area contributed by atoms with Gasteiger partial charge in [-0.3, -0.25) is 0 Å². The van der Waals surface area contributed by atoms with Crippen LogP contribution in [0.2, 0.25) is 0 Å². The molecule has 2 aromatic carbocycles. The summed E-state index contributed by atoms with van der Waals surface area (Å²) in [5, 5.41) is 0. The molecular weight excluding hydrogens is 331 g/mol.